The van der Waals surface area contributed by atoms with Crippen LogP contribution in [-0.4, -0.2) is 11.9 Å². The van der Waals surface area contributed by atoms with Crippen LogP contribution in [0.1, 0.15) is 44.7 Å². The van der Waals surface area contributed by atoms with Gasteiger partial charge in [-0.1, -0.05) is 43.3 Å². The fourth-order valence-electron chi connectivity index (χ4n) is 3.37. The zero-order valence-corrected chi connectivity index (χ0v) is 13.8. The molecule has 3 rings (SSSR count). The third kappa shape index (κ3) is 3.24. The minimum atomic E-state index is 0.0869. The molecule has 2 aromatic carbocycles. The van der Waals surface area contributed by atoms with Crippen LogP contribution in [0.15, 0.2) is 54.6 Å². The molecule has 1 aliphatic rings. The van der Waals surface area contributed by atoms with Gasteiger partial charge in [0.2, 0.25) is 5.91 Å². The Morgan fingerprint density at radius 1 is 1.13 bits per heavy atom. The number of nitrogens with zero attached hydrogens (tertiary/aromatic N) is 1. The minimum absolute atomic E-state index is 0.0869. The van der Waals surface area contributed by atoms with Crippen LogP contribution in [0.25, 0.3) is 0 Å². The van der Waals surface area contributed by atoms with Crippen molar-refractivity contribution >= 4 is 17.3 Å². The van der Waals surface area contributed by atoms with Gasteiger partial charge in [0.25, 0.3) is 0 Å². The number of hydrogen-bond donors (Lipinski definition) is 1. The maximum atomic E-state index is 12.9. The van der Waals surface area contributed by atoms with Crippen molar-refractivity contribution in [3.63, 3.8) is 0 Å². The van der Waals surface area contributed by atoms with E-state index in [4.69, 9.17) is 0 Å². The molecule has 2 atom stereocenters. The van der Waals surface area contributed by atoms with Crippen molar-refractivity contribution in [1.82, 2.24) is 0 Å². The van der Waals surface area contributed by atoms with Crippen LogP contribution in [0.3, 0.4) is 0 Å². The molecule has 120 valence electrons. The SMILES string of the molecule is CCCC(=O)N(c1ccccc1)[C@@H]1C[C@H](C)Nc2ccccc21. The van der Waals surface area contributed by atoms with Crippen LogP contribution in [0.4, 0.5) is 11.4 Å². The Kier molecular flexibility index (Phi) is 4.65. The van der Waals surface area contributed by atoms with Crippen molar-refractivity contribution in [2.24, 2.45) is 0 Å². The molecule has 1 N–H and O–H groups in total. The van der Waals surface area contributed by atoms with E-state index in [-0.39, 0.29) is 11.9 Å². The highest BCUT2D eigenvalue weighted by molar-refractivity contribution is 5.94. The van der Waals surface area contributed by atoms with Crippen molar-refractivity contribution in [1.29, 1.82) is 0 Å². The van der Waals surface area contributed by atoms with Crippen LogP contribution >= 0.6 is 0 Å². The fraction of sp³-hybridized carbons (Fsp3) is 0.350. The third-order valence-electron chi connectivity index (χ3n) is 4.38. The monoisotopic (exact) mass is 308 g/mol. The lowest BCUT2D eigenvalue weighted by Gasteiger charge is -2.39. The number of benzene rings is 2. The van der Waals surface area contributed by atoms with Gasteiger partial charge < -0.3 is 10.2 Å². The zero-order valence-electron chi connectivity index (χ0n) is 13.8. The van der Waals surface area contributed by atoms with Crippen LogP contribution < -0.4 is 10.2 Å². The molecule has 2 aromatic rings. The molecule has 1 heterocycles. The second-order valence-corrected chi connectivity index (χ2v) is 6.23. The van der Waals surface area contributed by atoms with Crippen LogP contribution in [-0.2, 0) is 4.79 Å². The van der Waals surface area contributed by atoms with Gasteiger partial charge in [-0.05, 0) is 43.5 Å². The lowest BCUT2D eigenvalue weighted by Crippen LogP contribution is -2.40. The summed E-state index contributed by atoms with van der Waals surface area (Å²) in [6, 6.07) is 18.8. The lowest BCUT2D eigenvalue weighted by molar-refractivity contribution is -0.119. The maximum absolute atomic E-state index is 12.9. The lowest BCUT2D eigenvalue weighted by atomic mass is 9.91. The average Bonchev–Trinajstić information content (AvgIpc) is 2.56. The Labute approximate surface area is 138 Å². The van der Waals surface area contributed by atoms with Gasteiger partial charge in [0, 0.05) is 23.8 Å². The molecular formula is C20H24N2O. The van der Waals surface area contributed by atoms with Crippen molar-refractivity contribution in [3.05, 3.63) is 60.2 Å². The largest absolute Gasteiger partial charge is 0.382 e. The Balaban J connectivity index is 2.05. The van der Waals surface area contributed by atoms with Crippen molar-refractivity contribution in [2.75, 3.05) is 10.2 Å². The summed E-state index contributed by atoms with van der Waals surface area (Å²) < 4.78 is 0. The predicted molar refractivity (Wildman–Crippen MR) is 95.7 cm³/mol. The van der Waals surface area contributed by atoms with E-state index in [2.05, 4.69) is 37.4 Å². The summed E-state index contributed by atoms with van der Waals surface area (Å²) in [5.41, 5.74) is 3.33. The number of amides is 1. The first kappa shape index (κ1) is 15.6. The second-order valence-electron chi connectivity index (χ2n) is 6.23. The first-order chi connectivity index (χ1) is 11.2. The Morgan fingerprint density at radius 3 is 2.57 bits per heavy atom. The molecule has 0 spiro atoms. The summed E-state index contributed by atoms with van der Waals surface area (Å²) in [5, 5.41) is 3.53. The van der Waals surface area contributed by atoms with E-state index in [9.17, 15) is 4.79 Å². The van der Waals surface area contributed by atoms with E-state index >= 15 is 0 Å². The normalized spacial score (nSPS) is 19.6. The quantitative estimate of drug-likeness (QED) is 0.882. The minimum Gasteiger partial charge on any atom is -0.382 e. The fourth-order valence-corrected chi connectivity index (χ4v) is 3.37. The van der Waals surface area contributed by atoms with Gasteiger partial charge in [-0.25, -0.2) is 0 Å². The summed E-state index contributed by atoms with van der Waals surface area (Å²) in [6.45, 7) is 4.23. The first-order valence-corrected chi connectivity index (χ1v) is 8.43. The Morgan fingerprint density at radius 2 is 1.83 bits per heavy atom. The number of anilines is 2. The zero-order chi connectivity index (χ0) is 16.2. The third-order valence-corrected chi connectivity index (χ3v) is 4.38. The molecule has 0 aromatic heterocycles. The molecule has 0 saturated carbocycles. The number of para-hydroxylation sites is 2. The van der Waals surface area contributed by atoms with E-state index in [0.29, 0.717) is 12.5 Å². The smallest absolute Gasteiger partial charge is 0.227 e. The molecule has 0 bridgehead atoms. The van der Waals surface area contributed by atoms with Crippen LogP contribution in [0.2, 0.25) is 0 Å². The Bertz CT molecular complexity index is 668. The van der Waals surface area contributed by atoms with Gasteiger partial charge in [0.05, 0.1) is 6.04 Å². The summed E-state index contributed by atoms with van der Waals surface area (Å²) in [7, 11) is 0. The summed E-state index contributed by atoms with van der Waals surface area (Å²) in [6.07, 6.45) is 2.36. The van der Waals surface area contributed by atoms with Crippen molar-refractivity contribution in [3.8, 4) is 0 Å². The van der Waals surface area contributed by atoms with Gasteiger partial charge in [0.15, 0.2) is 0 Å². The molecule has 23 heavy (non-hydrogen) atoms. The number of rotatable bonds is 4. The van der Waals surface area contributed by atoms with Gasteiger partial charge in [-0.15, -0.1) is 0 Å². The molecule has 1 aliphatic heterocycles. The highest BCUT2D eigenvalue weighted by atomic mass is 16.2. The highest BCUT2D eigenvalue weighted by Crippen LogP contribution is 2.39. The van der Waals surface area contributed by atoms with E-state index in [0.717, 1.165) is 24.2 Å². The highest BCUT2D eigenvalue weighted by Gasteiger charge is 2.32. The molecule has 0 saturated heterocycles. The molecule has 0 aliphatic carbocycles. The second kappa shape index (κ2) is 6.86. The summed E-state index contributed by atoms with van der Waals surface area (Å²) in [4.78, 5) is 14.9. The van der Waals surface area contributed by atoms with Gasteiger partial charge in [-0.2, -0.15) is 0 Å². The van der Waals surface area contributed by atoms with Gasteiger partial charge in [0.1, 0.15) is 0 Å². The van der Waals surface area contributed by atoms with Gasteiger partial charge >= 0.3 is 0 Å². The van der Waals surface area contributed by atoms with Crippen molar-refractivity contribution in [2.45, 2.75) is 45.2 Å². The molecule has 0 fully saturated rings. The molecule has 0 radical (unpaired) electrons. The topological polar surface area (TPSA) is 32.3 Å². The van der Waals surface area contributed by atoms with Crippen molar-refractivity contribution < 1.29 is 4.79 Å². The van der Waals surface area contributed by atoms with E-state index in [1.54, 1.807) is 0 Å². The molecule has 3 heteroatoms. The maximum Gasteiger partial charge on any atom is 0.227 e. The van der Waals surface area contributed by atoms with E-state index in [1.807, 2.05) is 41.3 Å². The number of nitrogens with one attached hydrogen (secondary N) is 1. The molecular weight excluding hydrogens is 284 g/mol. The molecule has 1 amide bonds. The standard InChI is InChI=1S/C20H24N2O/c1-3-9-20(23)22(16-10-5-4-6-11-16)19-14-15(2)21-18-13-8-7-12-17(18)19/h4-8,10-13,15,19,21H,3,9,14H2,1-2H3/t15-,19+/m0/s1. The number of hydrogen-bond acceptors (Lipinski definition) is 2. The van der Waals surface area contributed by atoms with Crippen LogP contribution in [0, 0.1) is 0 Å². The number of carbonyl (C=O) groups excluding carboxylic acids is 1. The van der Waals surface area contributed by atoms with E-state index < -0.39 is 0 Å². The first-order valence-electron chi connectivity index (χ1n) is 8.43. The molecule has 3 nitrogen and oxygen atoms in total. The Hall–Kier alpha value is -2.29. The van der Waals surface area contributed by atoms with E-state index in [1.165, 1.54) is 5.56 Å². The number of carbonyl (C=O) groups is 1. The number of fused-ring (bicyclic) bond motifs is 1. The summed E-state index contributed by atoms with van der Waals surface area (Å²) >= 11 is 0. The van der Waals surface area contributed by atoms with Crippen LogP contribution in [0.5, 0.6) is 0 Å². The average molecular weight is 308 g/mol. The van der Waals surface area contributed by atoms with Gasteiger partial charge in [-0.3, -0.25) is 4.79 Å². The summed E-state index contributed by atoms with van der Waals surface area (Å²) in [5.74, 6) is 0.201. The molecule has 0 unspecified atom stereocenters. The predicted octanol–water partition coefficient (Wildman–Crippen LogP) is 4.77.